The molecule has 0 saturated heterocycles. The van der Waals surface area contributed by atoms with E-state index in [0.717, 1.165) is 25.7 Å². The van der Waals surface area contributed by atoms with Gasteiger partial charge in [0, 0.05) is 0 Å². The Morgan fingerprint density at radius 1 is 1.06 bits per heavy atom. The van der Waals surface area contributed by atoms with Gasteiger partial charge in [-0.1, -0.05) is 37.5 Å². The Kier molecular flexibility index (Phi) is 4.99. The molecule has 0 amide bonds. The number of para-hydroxylation sites is 1. The topological polar surface area (TPSA) is 61.3 Å². The van der Waals surface area contributed by atoms with Gasteiger partial charge in [0.2, 0.25) is 0 Å². The van der Waals surface area contributed by atoms with E-state index in [0.29, 0.717) is 5.75 Å². The average Bonchev–Trinajstić information content (AvgIpc) is 2.31. The smallest absolute Gasteiger partial charge is 0.314 e. The van der Waals surface area contributed by atoms with E-state index in [9.17, 15) is 4.79 Å². The maximum atomic E-state index is 11.7. The lowest BCUT2D eigenvalue weighted by Crippen LogP contribution is -2.22. The third-order valence-corrected chi connectivity index (χ3v) is 2.90. The number of ether oxygens (including phenoxy) is 1. The molecule has 0 heterocycles. The SMILES string of the molecule is N.O=C(Oc1ccccc1)C1CCCCC1. The number of carbonyl (C=O) groups excluding carboxylic acids is 1. The molecule has 16 heavy (non-hydrogen) atoms. The van der Waals surface area contributed by atoms with Crippen LogP contribution in [0, 0.1) is 5.92 Å². The highest BCUT2D eigenvalue weighted by atomic mass is 16.5. The largest absolute Gasteiger partial charge is 0.426 e. The second-order valence-electron chi connectivity index (χ2n) is 4.07. The Morgan fingerprint density at radius 2 is 1.69 bits per heavy atom. The molecule has 0 unspecified atom stereocenters. The number of hydrogen-bond acceptors (Lipinski definition) is 3. The molecule has 1 aromatic rings. The minimum absolute atomic E-state index is 0. The molecule has 3 nitrogen and oxygen atoms in total. The Balaban J connectivity index is 0.00000128. The second-order valence-corrected chi connectivity index (χ2v) is 4.07. The fraction of sp³-hybridized carbons (Fsp3) is 0.462. The monoisotopic (exact) mass is 221 g/mol. The summed E-state index contributed by atoms with van der Waals surface area (Å²) in [5, 5.41) is 0. The molecule has 3 heteroatoms. The summed E-state index contributed by atoms with van der Waals surface area (Å²) in [7, 11) is 0. The third kappa shape index (κ3) is 3.35. The Morgan fingerprint density at radius 3 is 2.31 bits per heavy atom. The summed E-state index contributed by atoms with van der Waals surface area (Å²) >= 11 is 0. The third-order valence-electron chi connectivity index (χ3n) is 2.90. The Hall–Kier alpha value is -1.35. The van der Waals surface area contributed by atoms with Crippen molar-refractivity contribution in [2.45, 2.75) is 32.1 Å². The fourth-order valence-corrected chi connectivity index (χ4v) is 2.03. The minimum Gasteiger partial charge on any atom is -0.426 e. The van der Waals surface area contributed by atoms with Gasteiger partial charge in [0.05, 0.1) is 5.92 Å². The highest BCUT2D eigenvalue weighted by Gasteiger charge is 2.22. The summed E-state index contributed by atoms with van der Waals surface area (Å²) in [6, 6.07) is 9.31. The predicted octanol–water partition coefficient (Wildman–Crippen LogP) is 3.33. The Labute approximate surface area is 96.4 Å². The molecule has 0 radical (unpaired) electrons. The van der Waals surface area contributed by atoms with E-state index in [1.54, 1.807) is 0 Å². The van der Waals surface area contributed by atoms with Crippen LogP contribution in [0.1, 0.15) is 32.1 Å². The number of hydrogen-bond donors (Lipinski definition) is 1. The standard InChI is InChI=1S/C13H16O2.H3N/c14-13(11-7-3-1-4-8-11)15-12-9-5-2-6-10-12;/h2,5-6,9-11H,1,3-4,7-8H2;1H3. The molecule has 1 aliphatic carbocycles. The van der Waals surface area contributed by atoms with Gasteiger partial charge in [0.1, 0.15) is 5.75 Å². The van der Waals surface area contributed by atoms with Crippen LogP contribution in [-0.2, 0) is 4.79 Å². The number of carbonyl (C=O) groups is 1. The van der Waals surface area contributed by atoms with Crippen LogP contribution in [0.5, 0.6) is 5.75 Å². The normalized spacial score (nSPS) is 16.2. The van der Waals surface area contributed by atoms with Crippen molar-refractivity contribution in [1.82, 2.24) is 6.15 Å². The molecule has 1 saturated carbocycles. The van der Waals surface area contributed by atoms with Gasteiger partial charge in [-0.25, -0.2) is 0 Å². The molecule has 3 N–H and O–H groups in total. The van der Waals surface area contributed by atoms with Crippen LogP contribution in [0.25, 0.3) is 0 Å². The van der Waals surface area contributed by atoms with Crippen molar-refractivity contribution in [3.05, 3.63) is 30.3 Å². The first kappa shape index (κ1) is 12.7. The van der Waals surface area contributed by atoms with E-state index < -0.39 is 0 Å². The zero-order valence-electron chi connectivity index (χ0n) is 9.52. The summed E-state index contributed by atoms with van der Waals surface area (Å²) in [5.41, 5.74) is 0. The quantitative estimate of drug-likeness (QED) is 0.615. The first-order valence-corrected chi connectivity index (χ1v) is 5.63. The van der Waals surface area contributed by atoms with Gasteiger partial charge in [-0.05, 0) is 25.0 Å². The fourth-order valence-electron chi connectivity index (χ4n) is 2.03. The van der Waals surface area contributed by atoms with Crippen LogP contribution >= 0.6 is 0 Å². The summed E-state index contributed by atoms with van der Waals surface area (Å²) in [6.45, 7) is 0. The van der Waals surface area contributed by atoms with E-state index in [-0.39, 0.29) is 18.0 Å². The van der Waals surface area contributed by atoms with Gasteiger partial charge in [0.15, 0.2) is 0 Å². The molecule has 0 aliphatic heterocycles. The zero-order chi connectivity index (χ0) is 10.5. The van der Waals surface area contributed by atoms with Crippen LogP contribution in [0.4, 0.5) is 0 Å². The van der Waals surface area contributed by atoms with Crippen molar-refractivity contribution < 1.29 is 9.53 Å². The van der Waals surface area contributed by atoms with Gasteiger partial charge in [-0.3, -0.25) is 4.79 Å². The maximum Gasteiger partial charge on any atom is 0.314 e. The van der Waals surface area contributed by atoms with E-state index in [2.05, 4.69) is 0 Å². The highest BCUT2D eigenvalue weighted by molar-refractivity contribution is 5.75. The van der Waals surface area contributed by atoms with Gasteiger partial charge in [-0.2, -0.15) is 0 Å². The van der Waals surface area contributed by atoms with Crippen molar-refractivity contribution in [3.63, 3.8) is 0 Å². The molecule has 1 aromatic carbocycles. The van der Waals surface area contributed by atoms with E-state index in [1.165, 1.54) is 6.42 Å². The zero-order valence-corrected chi connectivity index (χ0v) is 9.52. The van der Waals surface area contributed by atoms with Gasteiger partial charge in [-0.15, -0.1) is 0 Å². The molecule has 2 rings (SSSR count). The van der Waals surface area contributed by atoms with Crippen molar-refractivity contribution in [2.75, 3.05) is 0 Å². The molecular weight excluding hydrogens is 202 g/mol. The van der Waals surface area contributed by atoms with Crippen molar-refractivity contribution in [1.29, 1.82) is 0 Å². The number of esters is 1. The van der Waals surface area contributed by atoms with Crippen LogP contribution < -0.4 is 10.9 Å². The summed E-state index contributed by atoms with van der Waals surface area (Å²) in [6.07, 6.45) is 5.57. The van der Waals surface area contributed by atoms with Crippen molar-refractivity contribution >= 4 is 5.97 Å². The molecule has 0 aromatic heterocycles. The summed E-state index contributed by atoms with van der Waals surface area (Å²) < 4.78 is 5.31. The second kappa shape index (κ2) is 6.28. The van der Waals surface area contributed by atoms with E-state index in [4.69, 9.17) is 4.74 Å². The van der Waals surface area contributed by atoms with Crippen LogP contribution in [-0.4, -0.2) is 5.97 Å². The first-order chi connectivity index (χ1) is 7.36. The lowest BCUT2D eigenvalue weighted by molar-refractivity contribution is -0.139. The van der Waals surface area contributed by atoms with E-state index >= 15 is 0 Å². The lowest BCUT2D eigenvalue weighted by Gasteiger charge is -2.19. The minimum atomic E-state index is -0.0547. The molecular formula is C13H19NO2. The molecule has 0 atom stereocenters. The van der Waals surface area contributed by atoms with Gasteiger partial charge >= 0.3 is 5.97 Å². The van der Waals surface area contributed by atoms with Crippen LogP contribution in [0.3, 0.4) is 0 Å². The summed E-state index contributed by atoms with van der Waals surface area (Å²) in [4.78, 5) is 11.7. The average molecular weight is 221 g/mol. The van der Waals surface area contributed by atoms with E-state index in [1.807, 2.05) is 30.3 Å². The Bertz CT molecular complexity index is 318. The van der Waals surface area contributed by atoms with Gasteiger partial charge < -0.3 is 10.9 Å². The number of benzene rings is 1. The molecule has 1 fully saturated rings. The molecule has 0 spiro atoms. The van der Waals surface area contributed by atoms with Crippen LogP contribution in [0.2, 0.25) is 0 Å². The highest BCUT2D eigenvalue weighted by Crippen LogP contribution is 2.25. The van der Waals surface area contributed by atoms with Crippen molar-refractivity contribution in [2.24, 2.45) is 5.92 Å². The van der Waals surface area contributed by atoms with Crippen molar-refractivity contribution in [3.8, 4) is 5.75 Å². The molecule has 88 valence electrons. The van der Waals surface area contributed by atoms with Crippen LogP contribution in [0.15, 0.2) is 30.3 Å². The summed E-state index contributed by atoms with van der Waals surface area (Å²) in [5.74, 6) is 0.730. The molecule has 1 aliphatic rings. The first-order valence-electron chi connectivity index (χ1n) is 5.63. The lowest BCUT2D eigenvalue weighted by atomic mass is 9.89. The molecule has 0 bridgehead atoms. The number of rotatable bonds is 2. The predicted molar refractivity (Wildman–Crippen MR) is 63.7 cm³/mol. The maximum absolute atomic E-state index is 11.7. The van der Waals surface area contributed by atoms with Gasteiger partial charge in [0.25, 0.3) is 0 Å².